The van der Waals surface area contributed by atoms with Crippen LogP contribution in [0.25, 0.3) is 0 Å². The molecule has 2 aliphatic rings. The van der Waals surface area contributed by atoms with Crippen LogP contribution in [0.3, 0.4) is 0 Å². The van der Waals surface area contributed by atoms with Gasteiger partial charge in [-0.3, -0.25) is 4.79 Å². The summed E-state index contributed by atoms with van der Waals surface area (Å²) < 4.78 is 0. The lowest BCUT2D eigenvalue weighted by molar-refractivity contribution is -0.140. The zero-order chi connectivity index (χ0) is 10.6. The fourth-order valence-electron chi connectivity index (χ4n) is 3.91. The first-order valence-corrected chi connectivity index (χ1v) is 5.92. The van der Waals surface area contributed by atoms with E-state index in [0.29, 0.717) is 23.0 Å². The van der Waals surface area contributed by atoms with Gasteiger partial charge in [0, 0.05) is 11.8 Å². The molecular weight excluding hydrogens is 172 g/mol. The summed E-state index contributed by atoms with van der Waals surface area (Å²) in [4.78, 5) is 12.1. The summed E-state index contributed by atoms with van der Waals surface area (Å²) in [6.45, 7) is 9.18. The molecule has 0 aromatic carbocycles. The van der Waals surface area contributed by atoms with Gasteiger partial charge in [0.25, 0.3) is 0 Å². The molecule has 2 fully saturated rings. The van der Waals surface area contributed by atoms with E-state index in [0.717, 1.165) is 12.8 Å². The highest BCUT2D eigenvalue weighted by molar-refractivity contribution is 5.86. The van der Waals surface area contributed by atoms with Gasteiger partial charge in [0.2, 0.25) is 0 Å². The van der Waals surface area contributed by atoms with Crippen molar-refractivity contribution >= 4 is 5.78 Å². The van der Waals surface area contributed by atoms with Crippen LogP contribution >= 0.6 is 0 Å². The number of ketones is 1. The molecule has 2 saturated carbocycles. The quantitative estimate of drug-likeness (QED) is 0.577. The van der Waals surface area contributed by atoms with Crippen molar-refractivity contribution in [3.63, 3.8) is 0 Å². The van der Waals surface area contributed by atoms with Gasteiger partial charge in [0.05, 0.1) is 0 Å². The minimum absolute atomic E-state index is 0.00174. The fourth-order valence-corrected chi connectivity index (χ4v) is 3.91. The molecule has 0 saturated heterocycles. The molecule has 0 N–H and O–H groups in total. The number of carbonyl (C=O) groups is 1. The monoisotopic (exact) mass is 194 g/mol. The van der Waals surface area contributed by atoms with E-state index in [4.69, 9.17) is 0 Å². The Balaban J connectivity index is 2.40. The number of Topliss-reactive ketones (excluding diaryl/α,β-unsaturated/α-hetero) is 1. The average Bonchev–Trinajstić information content (AvgIpc) is 2.40. The second kappa shape index (κ2) is 2.84. The third-order valence-electron chi connectivity index (χ3n) is 5.18. The topological polar surface area (TPSA) is 17.1 Å². The summed E-state index contributed by atoms with van der Waals surface area (Å²) in [6, 6.07) is 0. The number of fused-ring (bicyclic) bond motifs is 1. The van der Waals surface area contributed by atoms with Crippen molar-refractivity contribution in [2.45, 2.75) is 53.4 Å². The molecule has 0 aliphatic heterocycles. The first-order valence-electron chi connectivity index (χ1n) is 5.92. The Labute approximate surface area is 87.3 Å². The van der Waals surface area contributed by atoms with Gasteiger partial charge in [-0.15, -0.1) is 0 Å². The van der Waals surface area contributed by atoms with E-state index in [1.165, 1.54) is 12.8 Å². The highest BCUT2D eigenvalue weighted by Gasteiger charge is 2.56. The molecule has 14 heavy (non-hydrogen) atoms. The summed E-state index contributed by atoms with van der Waals surface area (Å²) in [6.07, 6.45) is 4.41. The molecule has 0 aromatic rings. The lowest BCUT2D eigenvalue weighted by atomic mass is 9.55. The molecule has 3 atom stereocenters. The number of hydrogen-bond acceptors (Lipinski definition) is 1. The summed E-state index contributed by atoms with van der Waals surface area (Å²) in [5.74, 6) is 1.76. The SMILES string of the molecule is CC1CCC2C(C)(C)CCC(=O)C12C. The summed E-state index contributed by atoms with van der Waals surface area (Å²) in [5, 5.41) is 0. The Morgan fingerprint density at radius 1 is 1.21 bits per heavy atom. The molecule has 0 amide bonds. The van der Waals surface area contributed by atoms with Gasteiger partial charge in [-0.25, -0.2) is 0 Å². The standard InChI is InChI=1S/C13H22O/c1-9-5-6-10-12(2,3)8-7-11(14)13(9,10)4/h9-10H,5-8H2,1-4H3. The van der Waals surface area contributed by atoms with Crippen LogP contribution in [0.15, 0.2) is 0 Å². The predicted octanol–water partition coefficient (Wildman–Crippen LogP) is 3.43. The number of carbonyl (C=O) groups excluding carboxylic acids is 1. The molecule has 1 heteroatoms. The largest absolute Gasteiger partial charge is 0.299 e. The second-order valence-corrected chi connectivity index (χ2v) is 6.23. The number of hydrogen-bond donors (Lipinski definition) is 0. The van der Waals surface area contributed by atoms with Crippen molar-refractivity contribution in [3.8, 4) is 0 Å². The smallest absolute Gasteiger partial charge is 0.139 e. The lowest BCUT2D eigenvalue weighted by Gasteiger charge is -2.47. The van der Waals surface area contributed by atoms with Gasteiger partial charge in [-0.2, -0.15) is 0 Å². The molecule has 0 heterocycles. The van der Waals surface area contributed by atoms with Crippen LogP contribution < -0.4 is 0 Å². The van der Waals surface area contributed by atoms with Crippen molar-refractivity contribution in [2.24, 2.45) is 22.7 Å². The van der Waals surface area contributed by atoms with E-state index in [9.17, 15) is 4.79 Å². The van der Waals surface area contributed by atoms with Crippen molar-refractivity contribution in [3.05, 3.63) is 0 Å². The van der Waals surface area contributed by atoms with E-state index in [2.05, 4.69) is 27.7 Å². The van der Waals surface area contributed by atoms with E-state index >= 15 is 0 Å². The van der Waals surface area contributed by atoms with Crippen molar-refractivity contribution in [1.82, 2.24) is 0 Å². The van der Waals surface area contributed by atoms with Crippen molar-refractivity contribution in [1.29, 1.82) is 0 Å². The van der Waals surface area contributed by atoms with E-state index in [1.54, 1.807) is 0 Å². The normalized spacial score (nSPS) is 46.4. The van der Waals surface area contributed by atoms with E-state index < -0.39 is 0 Å². The van der Waals surface area contributed by atoms with Crippen LogP contribution in [0, 0.1) is 22.7 Å². The highest BCUT2D eigenvalue weighted by atomic mass is 16.1. The minimum atomic E-state index is 0.00174. The third kappa shape index (κ3) is 1.11. The maximum atomic E-state index is 12.1. The maximum absolute atomic E-state index is 12.1. The van der Waals surface area contributed by atoms with Gasteiger partial charge in [-0.05, 0) is 36.5 Å². The molecule has 0 aromatic heterocycles. The summed E-state index contributed by atoms with van der Waals surface area (Å²) >= 11 is 0. The maximum Gasteiger partial charge on any atom is 0.139 e. The van der Waals surface area contributed by atoms with Gasteiger partial charge in [0.1, 0.15) is 5.78 Å². The molecular formula is C13H22O. The van der Waals surface area contributed by atoms with Crippen LogP contribution in [0.1, 0.15) is 53.4 Å². The molecule has 0 spiro atoms. The molecule has 0 radical (unpaired) electrons. The van der Waals surface area contributed by atoms with Crippen molar-refractivity contribution < 1.29 is 4.79 Å². The van der Waals surface area contributed by atoms with Crippen LogP contribution in [0.4, 0.5) is 0 Å². The zero-order valence-electron chi connectivity index (χ0n) is 9.89. The Kier molecular flexibility index (Phi) is 2.06. The van der Waals surface area contributed by atoms with Crippen LogP contribution in [0.2, 0.25) is 0 Å². The molecule has 2 aliphatic carbocycles. The van der Waals surface area contributed by atoms with Gasteiger partial charge in [-0.1, -0.05) is 27.7 Å². The molecule has 2 rings (SSSR count). The van der Waals surface area contributed by atoms with Crippen LogP contribution in [0.5, 0.6) is 0 Å². The molecule has 0 bridgehead atoms. The third-order valence-corrected chi connectivity index (χ3v) is 5.18. The van der Waals surface area contributed by atoms with Crippen LogP contribution in [-0.4, -0.2) is 5.78 Å². The number of rotatable bonds is 0. The zero-order valence-corrected chi connectivity index (χ0v) is 9.89. The Hall–Kier alpha value is -0.330. The Bertz CT molecular complexity index is 266. The van der Waals surface area contributed by atoms with E-state index in [1.807, 2.05) is 0 Å². The summed E-state index contributed by atoms with van der Waals surface area (Å²) in [5.41, 5.74) is 0.384. The first kappa shape index (κ1) is 10.2. The minimum Gasteiger partial charge on any atom is -0.299 e. The summed E-state index contributed by atoms with van der Waals surface area (Å²) in [7, 11) is 0. The van der Waals surface area contributed by atoms with Gasteiger partial charge >= 0.3 is 0 Å². The molecule has 3 unspecified atom stereocenters. The van der Waals surface area contributed by atoms with Gasteiger partial charge in [0.15, 0.2) is 0 Å². The van der Waals surface area contributed by atoms with Gasteiger partial charge < -0.3 is 0 Å². The van der Waals surface area contributed by atoms with E-state index in [-0.39, 0.29) is 5.41 Å². The Morgan fingerprint density at radius 2 is 1.86 bits per heavy atom. The van der Waals surface area contributed by atoms with Crippen LogP contribution in [-0.2, 0) is 4.79 Å². The highest BCUT2D eigenvalue weighted by Crippen LogP contribution is 2.59. The predicted molar refractivity (Wildman–Crippen MR) is 58.0 cm³/mol. The lowest BCUT2D eigenvalue weighted by Crippen LogP contribution is -2.47. The first-order chi connectivity index (χ1) is 6.39. The average molecular weight is 194 g/mol. The Morgan fingerprint density at radius 3 is 2.43 bits per heavy atom. The molecule has 1 nitrogen and oxygen atoms in total. The second-order valence-electron chi connectivity index (χ2n) is 6.23. The van der Waals surface area contributed by atoms with Crippen molar-refractivity contribution in [2.75, 3.05) is 0 Å². The molecule has 80 valence electrons. The fraction of sp³-hybridized carbons (Fsp3) is 0.923.